The van der Waals surface area contributed by atoms with Crippen molar-refractivity contribution in [2.24, 2.45) is 11.3 Å². The molecule has 5 heterocycles. The molecular weight excluding hydrogens is 1610 g/mol. The Kier molecular flexibility index (Phi) is 34.1. The fourth-order valence-corrected chi connectivity index (χ4v) is 19.5. The van der Waals surface area contributed by atoms with E-state index in [4.69, 9.17) is 19.3 Å². The summed E-state index contributed by atoms with van der Waals surface area (Å²) in [6.07, 6.45) is -16.7. The summed E-state index contributed by atoms with van der Waals surface area (Å²) in [6, 6.07) is 2.90. The lowest BCUT2D eigenvalue weighted by atomic mass is 9.47. The maximum Gasteiger partial charge on any atom is 0.426 e. The molecule has 25 N–H and O–H groups in total. The summed E-state index contributed by atoms with van der Waals surface area (Å²) in [4.78, 5) is 145. The number of esters is 1. The summed E-state index contributed by atoms with van der Waals surface area (Å²) in [6.45, 7) is 3.60. The molecule has 2 fully saturated rings. The first kappa shape index (κ1) is 96.3. The Morgan fingerprint density at radius 3 is 1.88 bits per heavy atom. The van der Waals surface area contributed by atoms with E-state index in [9.17, 15) is 110 Å². The highest BCUT2D eigenvalue weighted by Crippen LogP contribution is 2.68. The molecule has 0 unspecified atom stereocenters. The molecule has 0 bridgehead atoms. The first-order valence-electron chi connectivity index (χ1n) is 39.5. The highest BCUT2D eigenvalue weighted by Gasteiger charge is 2.79. The van der Waals surface area contributed by atoms with Crippen molar-refractivity contribution in [3.8, 4) is 5.75 Å². The van der Waals surface area contributed by atoms with E-state index in [-0.39, 0.29) is 36.7 Å². The summed E-state index contributed by atoms with van der Waals surface area (Å²) in [5.74, 6) is -10.7. The number of methoxy groups -OCH3 is 2. The predicted molar refractivity (Wildman–Crippen MR) is 428 cm³/mol. The van der Waals surface area contributed by atoms with Gasteiger partial charge in [0.2, 0.25) is 29.5 Å². The number of nitrogens with zero attached hydrogens (tertiary/aromatic N) is 2. The van der Waals surface area contributed by atoms with E-state index in [1.54, 1.807) is 24.9 Å². The van der Waals surface area contributed by atoms with Gasteiger partial charge in [0.05, 0.1) is 57.3 Å². The molecule has 8 rings (SSSR count). The number of carboxylic acid groups (broad SMARTS) is 2. The molecular formula is C77H116N12O28S2. The third-order valence-electron chi connectivity index (χ3n) is 23.8. The van der Waals surface area contributed by atoms with Gasteiger partial charge in [0, 0.05) is 108 Å². The number of fused-ring (bicyclic) bond motifs is 4. The Morgan fingerprint density at radius 1 is 0.739 bits per heavy atom. The molecule has 1 saturated heterocycles. The molecule has 0 radical (unpaired) electrons. The van der Waals surface area contributed by atoms with Crippen LogP contribution in [0.3, 0.4) is 0 Å². The lowest BCUT2D eigenvalue weighted by molar-refractivity contribution is -0.204. The van der Waals surface area contributed by atoms with Crippen LogP contribution in [0.1, 0.15) is 114 Å². The van der Waals surface area contributed by atoms with Gasteiger partial charge in [0.1, 0.15) is 78.6 Å². The largest absolute Gasteiger partial charge is 0.496 e. The van der Waals surface area contributed by atoms with Crippen molar-refractivity contribution in [3.05, 3.63) is 70.9 Å². The number of aliphatic hydroxyl groups excluding tert-OH is 11. The van der Waals surface area contributed by atoms with Gasteiger partial charge in [0.15, 0.2) is 5.60 Å². The summed E-state index contributed by atoms with van der Waals surface area (Å²) in [5.41, 5.74) is 0.304. The standard InChI is InChI=1S/C77H116N12O28S2/c1-8-73(3,113)31-39-32-76(71(111)116-7,62-41(21-24-79-33-39)40-13-10-11-14-44(40)82-62)43-29-42-49(30-54(43)115-6)88(5)68-75(42)23-26-89-25-12-22-74(9-2,67(75)89)69(109)77(68,114)70(110)86-87-72(112)117-27-28-118-119-38-48(66(107)108)85-65(106)46(16-19-56(97)81-35-51(93)59(101)61(103)53(95)37-91)84-64(105)47(17-20-57(98)99)83-63(104)45(78-4)15-18-55(96)80-34-50(92)58(100)60(102)52(94)36-90/h10-14,22,29-30,39,45-48,50-53,58-61,67-69,78-79,82,90-95,100-103,109,113-114H,8-9,15-21,23-28,31-38H2,1-7H3,(H,80,96)(H,81,97)(H,83,104)(H,84,105)(H,85,106)(H,86,110)(H,87,112)(H,98,99)(H,107,108)/t39-,45+,46+,47+,48+,50+,51+,52-,53-,58-,59-,60-,61-,67+,68-,69-,73+,74-,75-,76+,77+/m1/s1. The van der Waals surface area contributed by atoms with Crippen molar-refractivity contribution >= 4 is 97.6 Å². The van der Waals surface area contributed by atoms with E-state index in [2.05, 4.69) is 58.0 Å². The van der Waals surface area contributed by atoms with E-state index < -0.39 is 249 Å². The zero-order valence-electron chi connectivity index (χ0n) is 67.3. The second-order valence-corrected chi connectivity index (χ2v) is 33.9. The molecule has 7 amide bonds. The van der Waals surface area contributed by atoms with Crippen LogP contribution < -0.4 is 57.7 Å². The number of hydrogen-bond acceptors (Lipinski definition) is 32. The van der Waals surface area contributed by atoms with E-state index in [1.165, 1.54) is 21.3 Å². The Labute approximate surface area is 694 Å². The van der Waals surface area contributed by atoms with E-state index in [0.29, 0.717) is 74.4 Å². The molecule has 42 heteroatoms. The summed E-state index contributed by atoms with van der Waals surface area (Å²) in [5, 5.41) is 176. The van der Waals surface area contributed by atoms with Crippen molar-refractivity contribution in [2.45, 2.75) is 211 Å². The van der Waals surface area contributed by atoms with Crippen LogP contribution in [0.25, 0.3) is 10.9 Å². The fraction of sp³-hybridized carbons (Fsp3) is 0.662. The monoisotopic (exact) mass is 1720 g/mol. The molecule has 3 aromatic rings. The van der Waals surface area contributed by atoms with Crippen LogP contribution in [-0.2, 0) is 69.9 Å². The van der Waals surface area contributed by atoms with E-state index in [1.807, 2.05) is 56.3 Å². The third-order valence-corrected chi connectivity index (χ3v) is 26.2. The van der Waals surface area contributed by atoms with Crippen LogP contribution in [0, 0.1) is 11.3 Å². The van der Waals surface area contributed by atoms with Crippen LogP contribution in [0.5, 0.6) is 5.75 Å². The molecule has 1 aliphatic carbocycles. The highest BCUT2D eigenvalue weighted by molar-refractivity contribution is 8.76. The van der Waals surface area contributed by atoms with Gasteiger partial charge in [0.25, 0.3) is 5.91 Å². The van der Waals surface area contributed by atoms with Crippen molar-refractivity contribution in [1.82, 2.24) is 58.0 Å². The molecule has 664 valence electrons. The minimum atomic E-state index is -2.75. The number of anilines is 1. The molecule has 40 nitrogen and oxygen atoms in total. The number of H-pyrrole nitrogens is 1. The van der Waals surface area contributed by atoms with Crippen LogP contribution >= 0.6 is 21.6 Å². The van der Waals surface area contributed by atoms with Gasteiger partial charge in [-0.05, 0) is 121 Å². The molecule has 5 aliphatic rings. The first-order valence-corrected chi connectivity index (χ1v) is 42.0. The van der Waals surface area contributed by atoms with Gasteiger partial charge in [-0.25, -0.2) is 15.0 Å². The lowest BCUT2D eigenvalue weighted by Crippen LogP contribution is -2.82. The van der Waals surface area contributed by atoms with Crippen molar-refractivity contribution in [3.63, 3.8) is 0 Å². The zero-order chi connectivity index (χ0) is 87.8. The fourth-order valence-electron chi connectivity index (χ4n) is 17.5. The predicted octanol–water partition coefficient (Wildman–Crippen LogP) is -5.66. The van der Waals surface area contributed by atoms with Gasteiger partial charge in [-0.3, -0.25) is 48.7 Å². The number of rotatable bonds is 43. The second kappa shape index (κ2) is 42.1. The SMILES string of the molecule is CC[C@](C)(O)C[C@H]1CNCCc2c([nH]c3ccccc23)[C@@](C(=O)OC)(c2cc3c(cc2OC)N(C)[C@H]2[C@@](O)(C(=O)NNC(=O)OCCSSC[C@H](NC(=O)[C@H](CCC(=O)NC[C@H](O)[C@@H](O)[C@H](O)[C@H](O)CO)NC(=O)[C@H](CCC(=O)O)NC(=O)[C@H](CCC(=O)NC[C@H](O)[C@@H](O)[C@H](O)[C@H](O)CO)NC)C(=O)O)[C@H](O)[C@]4(CC)C=CCN5CC[C@]32[C@@H]54)C1. The average molecular weight is 1720 g/mol. The maximum atomic E-state index is 15.6. The van der Waals surface area contributed by atoms with Gasteiger partial charge in [-0.2, -0.15) is 0 Å². The smallest absolute Gasteiger partial charge is 0.426 e. The summed E-state index contributed by atoms with van der Waals surface area (Å²) < 4.78 is 17.7. The van der Waals surface area contributed by atoms with Crippen LogP contribution in [0.2, 0.25) is 0 Å². The number of carboxylic acids is 2. The third kappa shape index (κ3) is 21.2. The van der Waals surface area contributed by atoms with E-state index >= 15 is 9.59 Å². The van der Waals surface area contributed by atoms with Gasteiger partial charge < -0.3 is 138 Å². The number of benzene rings is 2. The van der Waals surface area contributed by atoms with Gasteiger partial charge in [-0.15, -0.1) is 0 Å². The molecule has 1 saturated carbocycles. The van der Waals surface area contributed by atoms with Gasteiger partial charge >= 0.3 is 24.0 Å². The Bertz CT molecular complexity index is 4090. The average Bonchev–Trinajstić information content (AvgIpc) is 1.49. The second-order valence-electron chi connectivity index (χ2n) is 31.3. The molecule has 1 spiro atoms. The number of aliphatic hydroxyl groups is 13. The van der Waals surface area contributed by atoms with Crippen LogP contribution in [0.4, 0.5) is 10.5 Å². The Balaban J connectivity index is 0.960. The van der Waals surface area contributed by atoms with Crippen molar-refractivity contribution in [2.75, 3.05) is 104 Å². The van der Waals surface area contributed by atoms with Crippen LogP contribution in [-0.4, -0.2) is 347 Å². The number of hydrazine groups is 1. The molecule has 1 aromatic heterocycles. The molecule has 119 heavy (non-hydrogen) atoms. The number of aromatic nitrogens is 1. The van der Waals surface area contributed by atoms with Gasteiger partial charge in [-0.1, -0.05) is 65.8 Å². The molecule has 4 aliphatic heterocycles. The van der Waals surface area contributed by atoms with Crippen molar-refractivity contribution < 1.29 is 139 Å². The van der Waals surface area contributed by atoms with Crippen molar-refractivity contribution in [1.29, 1.82) is 0 Å². The molecule has 2 aromatic carbocycles. The minimum Gasteiger partial charge on any atom is -0.496 e. The molecule has 21 atom stereocenters. The summed E-state index contributed by atoms with van der Waals surface area (Å²) >= 11 is 0. The number of carbonyl (C=O) groups is 10. The zero-order valence-corrected chi connectivity index (χ0v) is 69.0. The topological polar surface area (TPSA) is 632 Å². The minimum absolute atomic E-state index is 0.0705. The highest BCUT2D eigenvalue weighted by atomic mass is 33.1. The number of nitrogens with one attached hydrogen (secondary N) is 10. The van der Waals surface area contributed by atoms with Crippen LogP contribution in [0.15, 0.2) is 48.6 Å². The number of likely N-dealkylation sites (N-methyl/N-ethyl adjacent to an activating group) is 2. The number of amides is 7. The normalized spacial score (nSPS) is 25.5. The number of para-hydroxylation sites is 1. The number of hydrogen-bond donors (Lipinski definition) is 25. The van der Waals surface area contributed by atoms with E-state index in [0.717, 1.165) is 38.1 Å². The summed E-state index contributed by atoms with van der Waals surface area (Å²) in [7, 11) is 7.60. The Hall–Kier alpha value is -8.12. The Morgan fingerprint density at radius 2 is 1.32 bits per heavy atom. The number of aromatic amines is 1. The number of ether oxygens (including phenoxy) is 3. The quantitative estimate of drug-likeness (QED) is 0.00825. The number of aliphatic carboxylic acids is 2. The first-order chi connectivity index (χ1) is 56.4. The maximum absolute atomic E-state index is 15.6. The number of carbonyl (C=O) groups excluding carboxylic acids is 8. The lowest BCUT2D eigenvalue weighted by Gasteiger charge is -2.63.